The number of carbonyl (C=O) groups excluding carboxylic acids is 1. The minimum absolute atomic E-state index is 0.276. The Balaban J connectivity index is 1.70. The Labute approximate surface area is 166 Å². The highest BCUT2D eigenvalue weighted by atomic mass is 32.2. The highest BCUT2D eigenvalue weighted by Gasteiger charge is 2.16. The summed E-state index contributed by atoms with van der Waals surface area (Å²) in [5, 5.41) is 2.88. The summed E-state index contributed by atoms with van der Waals surface area (Å²) < 4.78 is 25.4. The van der Waals surface area contributed by atoms with Gasteiger partial charge in [-0.2, -0.15) is 0 Å². The third kappa shape index (κ3) is 5.02. The van der Waals surface area contributed by atoms with Crippen molar-refractivity contribution in [1.29, 1.82) is 0 Å². The van der Waals surface area contributed by atoms with E-state index in [0.717, 1.165) is 38.1 Å². The first-order valence-electron chi connectivity index (χ1n) is 9.15. The van der Waals surface area contributed by atoms with Crippen LogP contribution in [0.25, 0.3) is 0 Å². The first kappa shape index (κ1) is 20.2. The van der Waals surface area contributed by atoms with Gasteiger partial charge in [0, 0.05) is 43.1 Å². The van der Waals surface area contributed by atoms with E-state index in [2.05, 4.69) is 26.9 Å². The molecule has 1 aliphatic heterocycles. The largest absolute Gasteiger partial charge is 0.369 e. The quantitative estimate of drug-likeness (QED) is 0.802. The van der Waals surface area contributed by atoms with Crippen molar-refractivity contribution in [3.8, 4) is 0 Å². The third-order valence-corrected chi connectivity index (χ3v) is 5.46. The number of nitrogens with zero attached hydrogens (tertiary/aromatic N) is 2. The molecule has 2 N–H and O–H groups in total. The first-order chi connectivity index (χ1) is 13.2. The SMILES string of the molecule is Cc1c(NS(C)(=O)=O)cccc1C(=O)Nc1ccc(N2CCN(C)CC2)cc1. The summed E-state index contributed by atoms with van der Waals surface area (Å²) in [6.45, 7) is 5.77. The second-order valence-electron chi connectivity index (χ2n) is 7.14. The number of hydrogen-bond donors (Lipinski definition) is 2. The van der Waals surface area contributed by atoms with Gasteiger partial charge in [0.1, 0.15) is 0 Å². The summed E-state index contributed by atoms with van der Waals surface area (Å²) in [4.78, 5) is 17.3. The Morgan fingerprint density at radius 1 is 1.00 bits per heavy atom. The third-order valence-electron chi connectivity index (χ3n) is 4.87. The molecule has 1 heterocycles. The lowest BCUT2D eigenvalue weighted by molar-refractivity contribution is 0.102. The molecule has 0 unspecified atom stereocenters. The van der Waals surface area contributed by atoms with E-state index in [9.17, 15) is 13.2 Å². The molecule has 1 amide bonds. The van der Waals surface area contributed by atoms with Crippen LogP contribution in [0.1, 0.15) is 15.9 Å². The molecule has 28 heavy (non-hydrogen) atoms. The van der Waals surface area contributed by atoms with Crippen LogP contribution in [-0.4, -0.2) is 58.7 Å². The first-order valence-corrected chi connectivity index (χ1v) is 11.0. The van der Waals surface area contributed by atoms with Crippen LogP contribution in [0.3, 0.4) is 0 Å². The molecule has 2 aromatic rings. The topological polar surface area (TPSA) is 81.7 Å². The minimum atomic E-state index is -3.41. The molecule has 8 heteroatoms. The van der Waals surface area contributed by atoms with Crippen LogP contribution in [0.15, 0.2) is 42.5 Å². The number of piperazine rings is 1. The van der Waals surface area contributed by atoms with Gasteiger partial charge in [-0.3, -0.25) is 9.52 Å². The maximum atomic E-state index is 12.7. The van der Waals surface area contributed by atoms with Crippen molar-refractivity contribution >= 4 is 33.0 Å². The standard InChI is InChI=1S/C20H26N4O3S/c1-15-18(5-4-6-19(15)22-28(3,26)27)20(25)21-16-7-9-17(10-8-16)24-13-11-23(2)12-14-24/h4-10,22H,11-14H2,1-3H3,(H,21,25). The van der Waals surface area contributed by atoms with Crippen LogP contribution in [0.4, 0.5) is 17.1 Å². The van der Waals surface area contributed by atoms with Crippen LogP contribution in [0.5, 0.6) is 0 Å². The molecule has 0 bridgehead atoms. The zero-order chi connectivity index (χ0) is 20.3. The van der Waals surface area contributed by atoms with Crippen LogP contribution in [0, 0.1) is 6.92 Å². The van der Waals surface area contributed by atoms with Crippen molar-refractivity contribution in [3.63, 3.8) is 0 Å². The smallest absolute Gasteiger partial charge is 0.256 e. The Morgan fingerprint density at radius 2 is 1.64 bits per heavy atom. The molecule has 1 aliphatic rings. The van der Waals surface area contributed by atoms with E-state index in [0.29, 0.717) is 22.5 Å². The molecular formula is C20H26N4O3S. The lowest BCUT2D eigenvalue weighted by Crippen LogP contribution is -2.44. The van der Waals surface area contributed by atoms with E-state index in [1.165, 1.54) is 0 Å². The Morgan fingerprint density at radius 3 is 2.25 bits per heavy atom. The lowest BCUT2D eigenvalue weighted by Gasteiger charge is -2.34. The molecule has 1 fully saturated rings. The van der Waals surface area contributed by atoms with Crippen molar-refractivity contribution < 1.29 is 13.2 Å². The lowest BCUT2D eigenvalue weighted by atomic mass is 10.1. The predicted octanol–water partition coefficient (Wildman–Crippen LogP) is 2.37. The van der Waals surface area contributed by atoms with Gasteiger partial charge in [0.15, 0.2) is 0 Å². The maximum Gasteiger partial charge on any atom is 0.256 e. The summed E-state index contributed by atoms with van der Waals surface area (Å²) >= 11 is 0. The number of sulfonamides is 1. The number of benzene rings is 2. The van der Waals surface area contributed by atoms with E-state index in [-0.39, 0.29) is 5.91 Å². The summed E-state index contributed by atoms with van der Waals surface area (Å²) in [6.07, 6.45) is 1.08. The number of nitrogens with one attached hydrogen (secondary N) is 2. The second kappa shape index (κ2) is 8.20. The highest BCUT2D eigenvalue weighted by molar-refractivity contribution is 7.92. The zero-order valence-corrected chi connectivity index (χ0v) is 17.2. The zero-order valence-electron chi connectivity index (χ0n) is 16.4. The molecule has 2 aromatic carbocycles. The van der Waals surface area contributed by atoms with E-state index < -0.39 is 10.0 Å². The maximum absolute atomic E-state index is 12.7. The van der Waals surface area contributed by atoms with Gasteiger partial charge in [0.05, 0.1) is 11.9 Å². The van der Waals surface area contributed by atoms with Crippen molar-refractivity contribution in [2.45, 2.75) is 6.92 Å². The fourth-order valence-corrected chi connectivity index (χ4v) is 3.83. The van der Waals surface area contributed by atoms with Crippen molar-refractivity contribution in [1.82, 2.24) is 4.90 Å². The van der Waals surface area contributed by atoms with Crippen molar-refractivity contribution in [2.75, 3.05) is 54.4 Å². The highest BCUT2D eigenvalue weighted by Crippen LogP contribution is 2.23. The van der Waals surface area contributed by atoms with Crippen molar-refractivity contribution in [2.24, 2.45) is 0 Å². The Hall–Kier alpha value is -2.58. The number of likely N-dealkylation sites (N-methyl/N-ethyl adjacent to an activating group) is 1. The average Bonchev–Trinajstić information content (AvgIpc) is 2.64. The van der Waals surface area contributed by atoms with Crippen LogP contribution >= 0.6 is 0 Å². The number of carbonyl (C=O) groups is 1. The fourth-order valence-electron chi connectivity index (χ4n) is 3.21. The van der Waals surface area contributed by atoms with E-state index in [4.69, 9.17) is 0 Å². The number of anilines is 3. The number of hydrogen-bond acceptors (Lipinski definition) is 5. The summed E-state index contributed by atoms with van der Waals surface area (Å²) in [6, 6.07) is 12.8. The van der Waals surface area contributed by atoms with Crippen molar-refractivity contribution in [3.05, 3.63) is 53.6 Å². The molecular weight excluding hydrogens is 376 g/mol. The van der Waals surface area contributed by atoms with Gasteiger partial charge in [0.2, 0.25) is 10.0 Å². The summed E-state index contributed by atoms with van der Waals surface area (Å²) in [5.74, 6) is -0.276. The summed E-state index contributed by atoms with van der Waals surface area (Å²) in [7, 11) is -1.29. The van der Waals surface area contributed by atoms with E-state index in [1.807, 2.05) is 24.3 Å². The minimum Gasteiger partial charge on any atom is -0.369 e. The fraction of sp³-hybridized carbons (Fsp3) is 0.350. The molecule has 150 valence electrons. The second-order valence-corrected chi connectivity index (χ2v) is 8.89. The predicted molar refractivity (Wildman–Crippen MR) is 114 cm³/mol. The number of rotatable bonds is 5. The Bertz CT molecular complexity index is 950. The van der Waals surface area contributed by atoms with E-state index >= 15 is 0 Å². The van der Waals surface area contributed by atoms with Gasteiger partial charge in [-0.1, -0.05) is 6.07 Å². The molecule has 3 rings (SSSR count). The molecule has 0 aromatic heterocycles. The average molecular weight is 403 g/mol. The van der Waals surface area contributed by atoms with Gasteiger partial charge < -0.3 is 15.1 Å². The van der Waals surface area contributed by atoms with Gasteiger partial charge in [0.25, 0.3) is 5.91 Å². The Kier molecular flexibility index (Phi) is 5.90. The van der Waals surface area contributed by atoms with Gasteiger partial charge in [-0.25, -0.2) is 8.42 Å². The molecule has 0 atom stereocenters. The molecule has 7 nitrogen and oxygen atoms in total. The molecule has 0 radical (unpaired) electrons. The summed E-state index contributed by atoms with van der Waals surface area (Å²) in [5.41, 5.74) is 3.25. The van der Waals surface area contributed by atoms with Gasteiger partial charge in [-0.05, 0) is 55.9 Å². The van der Waals surface area contributed by atoms with Crippen LogP contribution in [-0.2, 0) is 10.0 Å². The molecule has 0 spiro atoms. The number of amides is 1. The van der Waals surface area contributed by atoms with Crippen LogP contribution < -0.4 is 14.9 Å². The molecule has 0 aliphatic carbocycles. The van der Waals surface area contributed by atoms with Gasteiger partial charge >= 0.3 is 0 Å². The van der Waals surface area contributed by atoms with Gasteiger partial charge in [-0.15, -0.1) is 0 Å². The van der Waals surface area contributed by atoms with E-state index in [1.54, 1.807) is 25.1 Å². The molecule has 1 saturated heterocycles. The monoisotopic (exact) mass is 402 g/mol. The normalized spacial score (nSPS) is 15.3. The molecule has 0 saturated carbocycles. The van der Waals surface area contributed by atoms with Crippen LogP contribution in [0.2, 0.25) is 0 Å².